The van der Waals surface area contributed by atoms with Gasteiger partial charge in [-0.2, -0.15) is 10.1 Å². The Morgan fingerprint density at radius 2 is 2.43 bits per heavy atom. The Hall–Kier alpha value is -1.43. The molecule has 2 rings (SSSR count). The molecule has 7 heteroatoms. The Bertz CT molecular complexity index is 358. The fraction of sp³-hybridized carbons (Fsp3) is 0.429. The van der Waals surface area contributed by atoms with Crippen molar-refractivity contribution in [2.45, 2.75) is 0 Å². The highest BCUT2D eigenvalue weighted by Crippen LogP contribution is 2.11. The summed E-state index contributed by atoms with van der Waals surface area (Å²) in [5.41, 5.74) is 0. The molecule has 0 atom stereocenters. The largest absolute Gasteiger partial charge is 0.353 e. The average Bonchev–Trinajstić information content (AvgIpc) is 2.18. The van der Waals surface area contributed by atoms with Crippen LogP contribution in [0.5, 0.6) is 0 Å². The van der Waals surface area contributed by atoms with E-state index in [0.29, 0.717) is 18.9 Å². The second kappa shape index (κ2) is 3.75. The molecule has 0 unspecified atom stereocenters. The highest BCUT2D eigenvalue weighted by Gasteiger charge is 2.17. The van der Waals surface area contributed by atoms with Gasteiger partial charge in [0, 0.05) is 13.1 Å². The zero-order valence-electron chi connectivity index (χ0n) is 7.27. The van der Waals surface area contributed by atoms with Gasteiger partial charge in [0.25, 0.3) is 0 Å². The van der Waals surface area contributed by atoms with E-state index in [1.807, 2.05) is 0 Å². The molecule has 0 aliphatic carbocycles. The number of aromatic nitrogens is 3. The molecule has 2 heterocycles. The van der Waals surface area contributed by atoms with Crippen LogP contribution >= 0.6 is 11.6 Å². The zero-order chi connectivity index (χ0) is 9.97. The SMILES string of the molecule is O=C1CN(c2cnnc(Cl)n2)CCN1. The average molecular weight is 214 g/mol. The molecule has 6 nitrogen and oxygen atoms in total. The Morgan fingerprint density at radius 1 is 1.57 bits per heavy atom. The second-order valence-corrected chi connectivity index (χ2v) is 3.19. The lowest BCUT2D eigenvalue weighted by Crippen LogP contribution is -2.48. The summed E-state index contributed by atoms with van der Waals surface area (Å²) >= 11 is 5.59. The molecular weight excluding hydrogens is 206 g/mol. The van der Waals surface area contributed by atoms with Crippen LogP contribution in [0.3, 0.4) is 0 Å². The number of anilines is 1. The summed E-state index contributed by atoms with van der Waals surface area (Å²) in [6.45, 7) is 1.61. The molecule has 1 aliphatic heterocycles. The third-order valence-electron chi connectivity index (χ3n) is 1.88. The van der Waals surface area contributed by atoms with Gasteiger partial charge in [0.15, 0.2) is 5.82 Å². The van der Waals surface area contributed by atoms with Crippen molar-refractivity contribution < 1.29 is 4.79 Å². The second-order valence-electron chi connectivity index (χ2n) is 2.86. The van der Waals surface area contributed by atoms with E-state index in [9.17, 15) is 4.79 Å². The number of halogens is 1. The number of hydrogen-bond acceptors (Lipinski definition) is 5. The van der Waals surface area contributed by atoms with Crippen LogP contribution in [-0.2, 0) is 4.79 Å². The van der Waals surface area contributed by atoms with Crippen LogP contribution in [0.15, 0.2) is 6.20 Å². The molecular formula is C7H8ClN5O. The molecule has 1 aliphatic rings. The quantitative estimate of drug-likeness (QED) is 0.679. The Kier molecular flexibility index (Phi) is 2.45. The molecule has 1 amide bonds. The Morgan fingerprint density at radius 3 is 3.14 bits per heavy atom. The number of hydrogen-bond donors (Lipinski definition) is 1. The molecule has 1 N–H and O–H groups in total. The van der Waals surface area contributed by atoms with E-state index in [-0.39, 0.29) is 17.7 Å². The van der Waals surface area contributed by atoms with Crippen molar-refractivity contribution >= 4 is 23.3 Å². The molecule has 14 heavy (non-hydrogen) atoms. The summed E-state index contributed by atoms with van der Waals surface area (Å²) in [6.07, 6.45) is 1.49. The van der Waals surface area contributed by atoms with Gasteiger partial charge < -0.3 is 10.2 Å². The van der Waals surface area contributed by atoms with Crippen molar-refractivity contribution in [2.24, 2.45) is 0 Å². The van der Waals surface area contributed by atoms with Crippen molar-refractivity contribution in [3.05, 3.63) is 11.5 Å². The molecule has 0 radical (unpaired) electrons. The highest BCUT2D eigenvalue weighted by molar-refractivity contribution is 6.28. The van der Waals surface area contributed by atoms with E-state index in [4.69, 9.17) is 11.6 Å². The molecule has 1 fully saturated rings. The lowest BCUT2D eigenvalue weighted by Gasteiger charge is -2.26. The van der Waals surface area contributed by atoms with Gasteiger partial charge in [-0.15, -0.1) is 5.10 Å². The van der Waals surface area contributed by atoms with Crippen molar-refractivity contribution in [1.82, 2.24) is 20.5 Å². The summed E-state index contributed by atoms with van der Waals surface area (Å²) in [6, 6.07) is 0. The summed E-state index contributed by atoms with van der Waals surface area (Å²) in [7, 11) is 0. The fourth-order valence-electron chi connectivity index (χ4n) is 1.26. The summed E-state index contributed by atoms with van der Waals surface area (Å²) in [5, 5.41) is 10.0. The normalized spacial score (nSPS) is 16.6. The Balaban J connectivity index is 2.17. The number of nitrogens with one attached hydrogen (secondary N) is 1. The van der Waals surface area contributed by atoms with Crippen molar-refractivity contribution in [2.75, 3.05) is 24.5 Å². The standard InChI is InChI=1S/C7H8ClN5O/c8-7-11-5(3-10-12-7)13-2-1-9-6(14)4-13/h3H,1-2,4H2,(H,9,14). The number of nitrogens with zero attached hydrogens (tertiary/aromatic N) is 4. The van der Waals surface area contributed by atoms with Gasteiger partial charge in [0.1, 0.15) is 0 Å². The van der Waals surface area contributed by atoms with Crippen LogP contribution in [0, 0.1) is 0 Å². The molecule has 1 saturated heterocycles. The predicted octanol–water partition coefficient (Wildman–Crippen LogP) is -0.539. The molecule has 0 bridgehead atoms. The van der Waals surface area contributed by atoms with Crippen LogP contribution < -0.4 is 10.2 Å². The van der Waals surface area contributed by atoms with Crippen molar-refractivity contribution in [1.29, 1.82) is 0 Å². The van der Waals surface area contributed by atoms with Gasteiger partial charge in [-0.05, 0) is 11.6 Å². The molecule has 0 aromatic carbocycles. The van der Waals surface area contributed by atoms with E-state index < -0.39 is 0 Å². The number of carbonyl (C=O) groups excluding carboxylic acids is 1. The van der Waals surface area contributed by atoms with Crippen LogP contribution in [-0.4, -0.2) is 40.7 Å². The minimum Gasteiger partial charge on any atom is -0.353 e. The third-order valence-corrected chi connectivity index (χ3v) is 2.04. The first-order valence-corrected chi connectivity index (χ1v) is 4.50. The smallest absolute Gasteiger partial charge is 0.244 e. The maximum Gasteiger partial charge on any atom is 0.244 e. The molecule has 74 valence electrons. The minimum absolute atomic E-state index is 0.0222. The number of carbonyl (C=O) groups is 1. The number of rotatable bonds is 1. The van der Waals surface area contributed by atoms with Gasteiger partial charge in [0.05, 0.1) is 12.7 Å². The van der Waals surface area contributed by atoms with Crippen LogP contribution in [0.25, 0.3) is 0 Å². The minimum atomic E-state index is -0.0222. The van der Waals surface area contributed by atoms with E-state index in [2.05, 4.69) is 20.5 Å². The van der Waals surface area contributed by atoms with Crippen molar-refractivity contribution in [3.63, 3.8) is 0 Å². The first kappa shape index (κ1) is 9.14. The first-order chi connectivity index (χ1) is 6.75. The van der Waals surface area contributed by atoms with Gasteiger partial charge in [-0.3, -0.25) is 4.79 Å². The maximum absolute atomic E-state index is 11.1. The van der Waals surface area contributed by atoms with E-state index in [1.165, 1.54) is 6.20 Å². The lowest BCUT2D eigenvalue weighted by molar-refractivity contribution is -0.120. The molecule has 0 spiro atoms. The van der Waals surface area contributed by atoms with E-state index >= 15 is 0 Å². The van der Waals surface area contributed by atoms with E-state index in [0.717, 1.165) is 0 Å². The van der Waals surface area contributed by atoms with Crippen LogP contribution in [0.2, 0.25) is 5.28 Å². The maximum atomic E-state index is 11.1. The molecule has 0 saturated carbocycles. The predicted molar refractivity (Wildman–Crippen MR) is 50.1 cm³/mol. The fourth-order valence-corrected chi connectivity index (χ4v) is 1.39. The zero-order valence-corrected chi connectivity index (χ0v) is 8.03. The number of piperazine rings is 1. The summed E-state index contributed by atoms with van der Waals surface area (Å²) in [5.74, 6) is 0.561. The van der Waals surface area contributed by atoms with Crippen molar-refractivity contribution in [3.8, 4) is 0 Å². The van der Waals surface area contributed by atoms with Gasteiger partial charge in [0.2, 0.25) is 11.2 Å². The van der Waals surface area contributed by atoms with E-state index in [1.54, 1.807) is 4.90 Å². The number of amides is 1. The summed E-state index contributed by atoms with van der Waals surface area (Å²) < 4.78 is 0. The summed E-state index contributed by atoms with van der Waals surface area (Å²) in [4.78, 5) is 16.9. The van der Waals surface area contributed by atoms with Gasteiger partial charge >= 0.3 is 0 Å². The third kappa shape index (κ3) is 1.90. The monoisotopic (exact) mass is 213 g/mol. The lowest BCUT2D eigenvalue weighted by atomic mass is 10.3. The topological polar surface area (TPSA) is 71.0 Å². The van der Waals surface area contributed by atoms with Crippen LogP contribution in [0.1, 0.15) is 0 Å². The van der Waals surface area contributed by atoms with Gasteiger partial charge in [-0.1, -0.05) is 0 Å². The highest BCUT2D eigenvalue weighted by atomic mass is 35.5. The van der Waals surface area contributed by atoms with Gasteiger partial charge in [-0.25, -0.2) is 0 Å². The van der Waals surface area contributed by atoms with Crippen LogP contribution in [0.4, 0.5) is 5.82 Å². The Labute approximate surface area is 85.3 Å². The first-order valence-electron chi connectivity index (χ1n) is 4.12. The molecule has 1 aromatic heterocycles. The molecule has 1 aromatic rings.